The number of rotatable bonds is 5. The molecule has 18 heavy (non-hydrogen) atoms. The lowest BCUT2D eigenvalue weighted by Gasteiger charge is -2.36. The van der Waals surface area contributed by atoms with E-state index in [0.29, 0.717) is 18.7 Å². The molecule has 3 nitrogen and oxygen atoms in total. The highest BCUT2D eigenvalue weighted by Gasteiger charge is 2.35. The maximum atomic E-state index is 11.5. The molecular formula is C15H21NO2. The van der Waals surface area contributed by atoms with Crippen LogP contribution in [0.3, 0.4) is 0 Å². The fourth-order valence-corrected chi connectivity index (χ4v) is 2.40. The molecule has 0 bridgehead atoms. The van der Waals surface area contributed by atoms with E-state index in [9.17, 15) is 4.79 Å². The van der Waals surface area contributed by atoms with E-state index in [1.165, 1.54) is 5.56 Å². The number of carbonyl (C=O) groups is 1. The maximum absolute atomic E-state index is 11.5. The van der Waals surface area contributed by atoms with Crippen LogP contribution in [0.4, 0.5) is 0 Å². The Morgan fingerprint density at radius 1 is 1.39 bits per heavy atom. The molecule has 3 heteroatoms. The van der Waals surface area contributed by atoms with E-state index >= 15 is 0 Å². The van der Waals surface area contributed by atoms with E-state index in [-0.39, 0.29) is 11.9 Å². The minimum Gasteiger partial charge on any atom is -0.466 e. The van der Waals surface area contributed by atoms with Gasteiger partial charge in [0.1, 0.15) is 0 Å². The summed E-state index contributed by atoms with van der Waals surface area (Å²) in [4.78, 5) is 11.5. The highest BCUT2D eigenvalue weighted by molar-refractivity contribution is 5.73. The molecule has 0 heterocycles. The third-order valence-corrected chi connectivity index (χ3v) is 3.54. The Morgan fingerprint density at radius 2 is 2.06 bits per heavy atom. The molecule has 1 aliphatic carbocycles. The third kappa shape index (κ3) is 3.10. The van der Waals surface area contributed by atoms with Gasteiger partial charge in [0.05, 0.1) is 12.5 Å². The van der Waals surface area contributed by atoms with Crippen molar-refractivity contribution >= 4 is 5.97 Å². The van der Waals surface area contributed by atoms with Gasteiger partial charge >= 0.3 is 5.97 Å². The van der Waals surface area contributed by atoms with Gasteiger partial charge in [-0.25, -0.2) is 0 Å². The van der Waals surface area contributed by atoms with Crippen molar-refractivity contribution in [3.8, 4) is 0 Å². The highest BCUT2D eigenvalue weighted by Crippen LogP contribution is 2.30. The van der Waals surface area contributed by atoms with Crippen LogP contribution in [0.25, 0.3) is 0 Å². The van der Waals surface area contributed by atoms with Crippen molar-refractivity contribution in [2.75, 3.05) is 6.61 Å². The summed E-state index contributed by atoms with van der Waals surface area (Å²) in [5.41, 5.74) is 1.29. The van der Waals surface area contributed by atoms with Gasteiger partial charge in [0.15, 0.2) is 0 Å². The van der Waals surface area contributed by atoms with Gasteiger partial charge in [-0.1, -0.05) is 30.3 Å². The van der Waals surface area contributed by atoms with Crippen molar-refractivity contribution in [2.45, 2.75) is 38.8 Å². The lowest BCUT2D eigenvalue weighted by molar-refractivity contribution is -0.151. The molecule has 0 spiro atoms. The van der Waals surface area contributed by atoms with E-state index in [0.717, 1.165) is 12.8 Å². The Hall–Kier alpha value is -1.35. The standard InChI is InChI=1S/C15H21NO2/c1-3-18-15(17)13-9-14(10-13)16-11(2)12-7-5-4-6-8-12/h4-8,11,13-14,16H,3,9-10H2,1-2H3/t11?,13-,14+. The van der Waals surface area contributed by atoms with Crippen LogP contribution in [0.5, 0.6) is 0 Å². The Balaban J connectivity index is 1.75. The van der Waals surface area contributed by atoms with E-state index in [2.05, 4.69) is 36.5 Å². The van der Waals surface area contributed by atoms with E-state index in [1.807, 2.05) is 13.0 Å². The normalized spacial score (nSPS) is 24.1. The Morgan fingerprint density at radius 3 is 2.67 bits per heavy atom. The van der Waals surface area contributed by atoms with Crippen molar-refractivity contribution < 1.29 is 9.53 Å². The first-order valence-electron chi connectivity index (χ1n) is 6.68. The fraction of sp³-hybridized carbons (Fsp3) is 0.533. The smallest absolute Gasteiger partial charge is 0.309 e. The molecular weight excluding hydrogens is 226 g/mol. The molecule has 1 aliphatic rings. The summed E-state index contributed by atoms with van der Waals surface area (Å²) in [6.07, 6.45) is 1.80. The van der Waals surface area contributed by atoms with Gasteiger partial charge in [-0.3, -0.25) is 4.79 Å². The molecule has 0 aromatic heterocycles. The Kier molecular flexibility index (Phi) is 4.37. The van der Waals surface area contributed by atoms with Crippen molar-refractivity contribution in [3.63, 3.8) is 0 Å². The largest absolute Gasteiger partial charge is 0.466 e. The molecule has 98 valence electrons. The van der Waals surface area contributed by atoms with Crippen molar-refractivity contribution in [3.05, 3.63) is 35.9 Å². The van der Waals surface area contributed by atoms with Crippen LogP contribution in [0.2, 0.25) is 0 Å². The first kappa shape index (κ1) is 13.1. The lowest BCUT2D eigenvalue weighted by Crippen LogP contribution is -2.45. The number of ether oxygens (including phenoxy) is 1. The van der Waals surface area contributed by atoms with Gasteiger partial charge in [-0.15, -0.1) is 0 Å². The summed E-state index contributed by atoms with van der Waals surface area (Å²) in [5.74, 6) is 0.0633. The van der Waals surface area contributed by atoms with Crippen LogP contribution in [0.15, 0.2) is 30.3 Å². The van der Waals surface area contributed by atoms with Gasteiger partial charge < -0.3 is 10.1 Å². The first-order valence-corrected chi connectivity index (χ1v) is 6.68. The van der Waals surface area contributed by atoms with E-state index < -0.39 is 0 Å². The van der Waals surface area contributed by atoms with Crippen LogP contribution in [0, 0.1) is 5.92 Å². The van der Waals surface area contributed by atoms with E-state index in [4.69, 9.17) is 4.74 Å². The molecule has 1 aromatic carbocycles. The van der Waals surface area contributed by atoms with Gasteiger partial charge in [-0.2, -0.15) is 0 Å². The zero-order valence-corrected chi connectivity index (χ0v) is 11.1. The molecule has 2 rings (SSSR count). The van der Waals surface area contributed by atoms with Gasteiger partial charge in [0, 0.05) is 12.1 Å². The molecule has 1 unspecified atom stereocenters. The second-order valence-electron chi connectivity index (χ2n) is 4.92. The van der Waals surface area contributed by atoms with E-state index in [1.54, 1.807) is 0 Å². The summed E-state index contributed by atoms with van der Waals surface area (Å²) in [5, 5.41) is 3.55. The number of esters is 1. The van der Waals surface area contributed by atoms with Crippen LogP contribution in [-0.2, 0) is 9.53 Å². The fourth-order valence-electron chi connectivity index (χ4n) is 2.40. The van der Waals surface area contributed by atoms with Crippen LogP contribution < -0.4 is 5.32 Å². The Bertz CT molecular complexity index is 385. The first-order chi connectivity index (χ1) is 8.70. The summed E-state index contributed by atoms with van der Waals surface area (Å²) < 4.78 is 5.02. The van der Waals surface area contributed by atoms with Crippen molar-refractivity contribution in [1.29, 1.82) is 0 Å². The molecule has 0 radical (unpaired) electrons. The minimum atomic E-state index is -0.0390. The highest BCUT2D eigenvalue weighted by atomic mass is 16.5. The molecule has 1 fully saturated rings. The van der Waals surface area contributed by atoms with Gasteiger partial charge in [-0.05, 0) is 32.3 Å². The van der Waals surface area contributed by atoms with Gasteiger partial charge in [0.25, 0.3) is 0 Å². The number of benzene rings is 1. The average Bonchev–Trinajstić information content (AvgIpc) is 2.34. The molecule has 1 N–H and O–H groups in total. The maximum Gasteiger partial charge on any atom is 0.309 e. The second kappa shape index (κ2) is 6.01. The van der Waals surface area contributed by atoms with Crippen LogP contribution in [-0.4, -0.2) is 18.6 Å². The zero-order valence-electron chi connectivity index (χ0n) is 11.1. The Labute approximate surface area is 109 Å². The third-order valence-electron chi connectivity index (χ3n) is 3.54. The SMILES string of the molecule is CCOC(=O)[C@H]1C[C@@H](NC(C)c2ccccc2)C1. The summed E-state index contributed by atoms with van der Waals surface area (Å²) in [6.45, 7) is 4.49. The summed E-state index contributed by atoms with van der Waals surface area (Å²) in [6, 6.07) is 11.1. The molecule has 0 aliphatic heterocycles. The van der Waals surface area contributed by atoms with Crippen molar-refractivity contribution in [2.24, 2.45) is 5.92 Å². The quantitative estimate of drug-likeness (QED) is 0.813. The minimum absolute atomic E-state index is 0.0390. The average molecular weight is 247 g/mol. The number of carbonyl (C=O) groups excluding carboxylic acids is 1. The lowest BCUT2D eigenvalue weighted by atomic mass is 9.80. The summed E-state index contributed by atoms with van der Waals surface area (Å²) in [7, 11) is 0. The van der Waals surface area contributed by atoms with Crippen LogP contribution in [0.1, 0.15) is 38.3 Å². The molecule has 0 amide bonds. The second-order valence-corrected chi connectivity index (χ2v) is 4.92. The predicted molar refractivity (Wildman–Crippen MR) is 71.1 cm³/mol. The molecule has 1 saturated carbocycles. The number of hydrogen-bond donors (Lipinski definition) is 1. The van der Waals surface area contributed by atoms with Crippen molar-refractivity contribution in [1.82, 2.24) is 5.32 Å². The monoisotopic (exact) mass is 247 g/mol. The topological polar surface area (TPSA) is 38.3 Å². The van der Waals surface area contributed by atoms with Crippen LogP contribution >= 0.6 is 0 Å². The zero-order chi connectivity index (χ0) is 13.0. The summed E-state index contributed by atoms with van der Waals surface area (Å²) >= 11 is 0. The van der Waals surface area contributed by atoms with Gasteiger partial charge in [0.2, 0.25) is 0 Å². The molecule has 1 aromatic rings. The molecule has 1 atom stereocenters. The number of nitrogens with one attached hydrogen (secondary N) is 1. The molecule has 0 saturated heterocycles. The predicted octanol–water partition coefficient (Wildman–Crippen LogP) is 2.68. The number of hydrogen-bond acceptors (Lipinski definition) is 3.